The van der Waals surface area contributed by atoms with Crippen LogP contribution in [0.25, 0.3) is 17.2 Å². The average Bonchev–Trinajstić information content (AvgIpc) is 3.35. The summed E-state index contributed by atoms with van der Waals surface area (Å²) in [6.45, 7) is 0. The SMILES string of the molecule is Nc1nc(C#CC(O)(c2ccccc2)C(F)(F)F)cn2nc(-c3ccco3)nc12. The van der Waals surface area contributed by atoms with E-state index in [1.165, 1.54) is 35.2 Å². The highest BCUT2D eigenvalue weighted by molar-refractivity contribution is 5.64. The lowest BCUT2D eigenvalue weighted by Gasteiger charge is -2.25. The van der Waals surface area contributed by atoms with Crippen LogP contribution in [0.1, 0.15) is 11.3 Å². The fraction of sp³-hybridized carbons (Fsp3) is 0.105. The summed E-state index contributed by atoms with van der Waals surface area (Å²) in [6, 6.07) is 9.86. The summed E-state index contributed by atoms with van der Waals surface area (Å²) in [5, 5.41) is 14.5. The molecular weight excluding hydrogens is 387 g/mol. The first-order valence-corrected chi connectivity index (χ1v) is 8.22. The van der Waals surface area contributed by atoms with Gasteiger partial charge in [-0.3, -0.25) is 0 Å². The zero-order chi connectivity index (χ0) is 20.6. The minimum atomic E-state index is -5.03. The Morgan fingerprint density at radius 1 is 1.07 bits per heavy atom. The number of anilines is 1. The molecule has 0 saturated carbocycles. The normalized spacial score (nSPS) is 13.7. The second kappa shape index (κ2) is 6.65. The molecule has 1 atom stereocenters. The largest absolute Gasteiger partial charge is 0.461 e. The maximum atomic E-state index is 13.5. The first kappa shape index (κ1) is 18.5. The number of hydrogen-bond donors (Lipinski definition) is 2. The number of halogens is 3. The van der Waals surface area contributed by atoms with Gasteiger partial charge in [0.15, 0.2) is 17.2 Å². The maximum Gasteiger partial charge on any atom is 0.433 e. The fourth-order valence-corrected chi connectivity index (χ4v) is 2.62. The Bertz CT molecular complexity index is 1220. The Hall–Kier alpha value is -3.84. The van der Waals surface area contributed by atoms with E-state index < -0.39 is 17.3 Å². The minimum absolute atomic E-state index is 0.0858. The highest BCUT2D eigenvalue weighted by atomic mass is 19.4. The van der Waals surface area contributed by atoms with Crippen LogP contribution in [0, 0.1) is 11.8 Å². The molecule has 3 aromatic heterocycles. The van der Waals surface area contributed by atoms with Crippen molar-refractivity contribution in [2.24, 2.45) is 0 Å². The van der Waals surface area contributed by atoms with Gasteiger partial charge in [0.25, 0.3) is 0 Å². The highest BCUT2D eigenvalue weighted by Crippen LogP contribution is 2.38. The van der Waals surface area contributed by atoms with Crippen molar-refractivity contribution in [1.82, 2.24) is 19.6 Å². The van der Waals surface area contributed by atoms with E-state index >= 15 is 0 Å². The monoisotopic (exact) mass is 399 g/mol. The number of furan rings is 1. The van der Waals surface area contributed by atoms with Crippen LogP contribution in [0.3, 0.4) is 0 Å². The standard InChI is InChI=1S/C19H12F3N5O2/c20-19(21,22)18(28,12-5-2-1-3-6-12)9-8-13-11-27-17(15(23)24-13)25-16(26-27)14-7-4-10-29-14/h1-7,10-11,28H,(H2,23,24). The number of nitrogens with zero attached hydrogens (tertiary/aromatic N) is 4. The average molecular weight is 399 g/mol. The first-order chi connectivity index (χ1) is 13.8. The van der Waals surface area contributed by atoms with E-state index in [-0.39, 0.29) is 23.0 Å². The van der Waals surface area contributed by atoms with E-state index in [0.29, 0.717) is 5.76 Å². The van der Waals surface area contributed by atoms with Gasteiger partial charge in [0.05, 0.1) is 12.5 Å². The fourth-order valence-electron chi connectivity index (χ4n) is 2.62. The topological polar surface area (TPSA) is 102 Å². The molecule has 4 rings (SSSR count). The zero-order valence-electron chi connectivity index (χ0n) is 14.6. The summed E-state index contributed by atoms with van der Waals surface area (Å²) in [4.78, 5) is 8.13. The molecule has 0 aliphatic heterocycles. The molecule has 0 saturated heterocycles. The Morgan fingerprint density at radius 2 is 1.83 bits per heavy atom. The molecule has 0 spiro atoms. The lowest BCUT2D eigenvalue weighted by molar-refractivity contribution is -0.240. The van der Waals surface area contributed by atoms with Crippen molar-refractivity contribution in [3.05, 3.63) is 66.2 Å². The molecule has 4 aromatic rings. The second-order valence-electron chi connectivity index (χ2n) is 6.02. The van der Waals surface area contributed by atoms with Crippen molar-refractivity contribution in [3.8, 4) is 23.4 Å². The summed E-state index contributed by atoms with van der Waals surface area (Å²) in [5.74, 6) is 4.65. The molecule has 0 bridgehead atoms. The van der Waals surface area contributed by atoms with Gasteiger partial charge in [0.1, 0.15) is 5.69 Å². The smallest absolute Gasteiger partial charge is 0.433 e. The minimum Gasteiger partial charge on any atom is -0.461 e. The molecule has 7 nitrogen and oxygen atoms in total. The van der Waals surface area contributed by atoms with Crippen molar-refractivity contribution in [1.29, 1.82) is 0 Å². The van der Waals surface area contributed by atoms with E-state index in [0.717, 1.165) is 12.1 Å². The van der Waals surface area contributed by atoms with Crippen LogP contribution in [0.15, 0.2) is 59.3 Å². The summed E-state index contributed by atoms with van der Waals surface area (Å²) in [6.07, 6.45) is -2.32. The molecule has 29 heavy (non-hydrogen) atoms. The molecule has 1 unspecified atom stereocenters. The third kappa shape index (κ3) is 3.28. The molecule has 0 fully saturated rings. The Kier molecular flexibility index (Phi) is 4.24. The van der Waals surface area contributed by atoms with Crippen molar-refractivity contribution >= 4 is 11.5 Å². The van der Waals surface area contributed by atoms with E-state index in [2.05, 4.69) is 21.0 Å². The van der Waals surface area contributed by atoms with Crippen LogP contribution < -0.4 is 5.73 Å². The van der Waals surface area contributed by atoms with Crippen LogP contribution in [0.4, 0.5) is 19.0 Å². The van der Waals surface area contributed by atoms with Gasteiger partial charge in [-0.05, 0) is 24.0 Å². The van der Waals surface area contributed by atoms with Crippen LogP contribution in [0.2, 0.25) is 0 Å². The van der Waals surface area contributed by atoms with E-state index in [9.17, 15) is 18.3 Å². The number of fused-ring (bicyclic) bond motifs is 1. The molecule has 3 N–H and O–H groups in total. The number of nitrogen functional groups attached to an aromatic ring is 1. The summed E-state index contributed by atoms with van der Waals surface area (Å²) in [5.41, 5.74) is 2.13. The molecule has 3 heterocycles. The number of rotatable bonds is 2. The van der Waals surface area contributed by atoms with Crippen LogP contribution in [-0.2, 0) is 5.60 Å². The van der Waals surface area contributed by atoms with Crippen LogP contribution >= 0.6 is 0 Å². The van der Waals surface area contributed by atoms with Gasteiger partial charge in [-0.1, -0.05) is 30.3 Å². The highest BCUT2D eigenvalue weighted by Gasteiger charge is 2.54. The number of aromatic nitrogens is 4. The number of hydrogen-bond acceptors (Lipinski definition) is 6. The van der Waals surface area contributed by atoms with Crippen LogP contribution in [0.5, 0.6) is 0 Å². The Morgan fingerprint density at radius 3 is 2.48 bits per heavy atom. The summed E-state index contributed by atoms with van der Waals surface area (Å²) >= 11 is 0. The van der Waals surface area contributed by atoms with Crippen LogP contribution in [-0.4, -0.2) is 30.9 Å². The van der Waals surface area contributed by atoms with Crippen molar-refractivity contribution in [3.63, 3.8) is 0 Å². The van der Waals surface area contributed by atoms with Gasteiger partial charge in [-0.2, -0.15) is 13.2 Å². The summed E-state index contributed by atoms with van der Waals surface area (Å²) in [7, 11) is 0. The van der Waals surface area contributed by atoms with Gasteiger partial charge in [-0.25, -0.2) is 14.5 Å². The first-order valence-electron chi connectivity index (χ1n) is 8.22. The molecule has 146 valence electrons. The quantitative estimate of drug-likeness (QED) is 0.503. The number of aliphatic hydroxyl groups is 1. The van der Waals surface area contributed by atoms with Crippen molar-refractivity contribution < 1.29 is 22.7 Å². The number of nitrogens with two attached hydrogens (primary N) is 1. The van der Waals surface area contributed by atoms with Gasteiger partial charge >= 0.3 is 6.18 Å². The Balaban J connectivity index is 1.79. The number of benzene rings is 1. The van der Waals surface area contributed by atoms with Gasteiger partial charge in [-0.15, -0.1) is 5.10 Å². The third-order valence-electron chi connectivity index (χ3n) is 4.06. The van der Waals surface area contributed by atoms with E-state index in [4.69, 9.17) is 10.2 Å². The van der Waals surface area contributed by atoms with E-state index in [1.807, 2.05) is 5.92 Å². The molecule has 10 heteroatoms. The molecule has 1 aromatic carbocycles. The molecule has 0 aliphatic rings. The van der Waals surface area contributed by atoms with Crippen molar-refractivity contribution in [2.45, 2.75) is 11.8 Å². The zero-order valence-corrected chi connectivity index (χ0v) is 14.6. The van der Waals surface area contributed by atoms with Gasteiger partial charge in [0.2, 0.25) is 11.4 Å². The summed E-state index contributed by atoms with van der Waals surface area (Å²) < 4.78 is 47.1. The lowest BCUT2D eigenvalue weighted by Crippen LogP contribution is -2.41. The lowest BCUT2D eigenvalue weighted by atomic mass is 9.93. The van der Waals surface area contributed by atoms with Gasteiger partial charge < -0.3 is 15.3 Å². The predicted octanol–water partition coefficient (Wildman–Crippen LogP) is 2.77. The number of alkyl halides is 3. The maximum absolute atomic E-state index is 13.5. The molecule has 0 radical (unpaired) electrons. The second-order valence-corrected chi connectivity index (χ2v) is 6.02. The van der Waals surface area contributed by atoms with E-state index in [1.54, 1.807) is 12.1 Å². The van der Waals surface area contributed by atoms with Gasteiger partial charge in [0, 0.05) is 5.56 Å². The predicted molar refractivity (Wildman–Crippen MR) is 96.2 cm³/mol. The van der Waals surface area contributed by atoms with Crippen molar-refractivity contribution in [2.75, 3.05) is 5.73 Å². The molecule has 0 amide bonds. The third-order valence-corrected chi connectivity index (χ3v) is 4.06. The molecular formula is C19H12F3N5O2. The molecule has 0 aliphatic carbocycles. The Labute approximate surface area is 161 Å².